The van der Waals surface area contributed by atoms with Gasteiger partial charge < -0.3 is 15.0 Å². The van der Waals surface area contributed by atoms with Crippen LogP contribution in [-0.4, -0.2) is 32.8 Å². The monoisotopic (exact) mass is 287 g/mol. The van der Waals surface area contributed by atoms with Crippen LogP contribution < -0.4 is 10.2 Å². The number of nitriles is 1. The first-order valence-electron chi connectivity index (χ1n) is 7.69. The Balaban J connectivity index is 1.76. The molecule has 0 unspecified atom stereocenters. The van der Waals surface area contributed by atoms with E-state index in [1.54, 1.807) is 0 Å². The molecule has 4 heteroatoms. The van der Waals surface area contributed by atoms with Crippen LogP contribution in [0.5, 0.6) is 0 Å². The first-order chi connectivity index (χ1) is 10.1. The largest absolute Gasteiger partial charge is 0.385 e. The van der Waals surface area contributed by atoms with Crippen LogP contribution in [-0.2, 0) is 4.74 Å². The number of anilines is 2. The van der Waals surface area contributed by atoms with Gasteiger partial charge in [0.25, 0.3) is 0 Å². The molecule has 0 spiro atoms. The van der Waals surface area contributed by atoms with Gasteiger partial charge >= 0.3 is 0 Å². The molecule has 1 heterocycles. The molecule has 1 aliphatic rings. The fourth-order valence-electron chi connectivity index (χ4n) is 2.43. The van der Waals surface area contributed by atoms with E-state index in [2.05, 4.69) is 40.6 Å². The molecular weight excluding hydrogens is 262 g/mol. The number of hydrogen-bond donors (Lipinski definition) is 1. The Labute approximate surface area is 127 Å². The Morgan fingerprint density at radius 2 is 1.90 bits per heavy atom. The van der Waals surface area contributed by atoms with E-state index in [0.29, 0.717) is 0 Å². The van der Waals surface area contributed by atoms with Gasteiger partial charge in [-0.15, -0.1) is 0 Å². The molecule has 2 rings (SSSR count). The third kappa shape index (κ3) is 4.95. The van der Waals surface area contributed by atoms with Crippen molar-refractivity contribution in [3.63, 3.8) is 0 Å². The minimum absolute atomic E-state index is 0.220. The Morgan fingerprint density at radius 3 is 2.52 bits per heavy atom. The molecular formula is C17H25N3O. The fourth-order valence-corrected chi connectivity index (χ4v) is 2.43. The summed E-state index contributed by atoms with van der Waals surface area (Å²) in [6.07, 6.45) is 1.92. The Morgan fingerprint density at radius 1 is 1.24 bits per heavy atom. The van der Waals surface area contributed by atoms with Crippen LogP contribution in [0.3, 0.4) is 0 Å². The molecule has 0 atom stereocenters. The average molecular weight is 287 g/mol. The summed E-state index contributed by atoms with van der Waals surface area (Å²) in [7, 11) is 0. The lowest BCUT2D eigenvalue weighted by Gasteiger charge is -2.29. The Kier molecular flexibility index (Phi) is 5.46. The van der Waals surface area contributed by atoms with Gasteiger partial charge in [-0.2, -0.15) is 5.26 Å². The van der Waals surface area contributed by atoms with Gasteiger partial charge in [0.2, 0.25) is 0 Å². The van der Waals surface area contributed by atoms with Crippen molar-refractivity contribution in [1.82, 2.24) is 0 Å². The van der Waals surface area contributed by atoms with Gasteiger partial charge in [0.05, 0.1) is 24.7 Å². The summed E-state index contributed by atoms with van der Waals surface area (Å²) >= 11 is 0. The van der Waals surface area contributed by atoms with Gasteiger partial charge in [-0.1, -0.05) is 0 Å². The summed E-state index contributed by atoms with van der Waals surface area (Å²) in [5.74, 6) is 0. The zero-order chi connectivity index (χ0) is 15.1. The first kappa shape index (κ1) is 15.7. The number of ether oxygens (including phenoxy) is 1. The molecule has 0 saturated carbocycles. The summed E-state index contributed by atoms with van der Waals surface area (Å²) in [5.41, 5.74) is 2.18. The van der Waals surface area contributed by atoms with Crippen LogP contribution in [0.25, 0.3) is 0 Å². The SMILES string of the molecule is CC(C)(C#N)CCCNc1ccc(N2CCOCC2)cc1. The molecule has 1 aromatic carbocycles. The van der Waals surface area contributed by atoms with Crippen LogP contribution in [0.15, 0.2) is 24.3 Å². The average Bonchev–Trinajstić information content (AvgIpc) is 2.53. The number of hydrogen-bond acceptors (Lipinski definition) is 4. The molecule has 1 aliphatic heterocycles. The predicted octanol–water partition coefficient (Wildman–Crippen LogP) is 3.27. The maximum atomic E-state index is 8.98. The van der Waals surface area contributed by atoms with Crippen LogP contribution in [0.1, 0.15) is 26.7 Å². The lowest BCUT2D eigenvalue weighted by atomic mass is 9.90. The standard InChI is InChI=1S/C17H25N3O/c1-17(2,14-18)8-3-9-19-15-4-6-16(7-5-15)20-10-12-21-13-11-20/h4-7,19H,3,8-13H2,1-2H3. The van der Waals surface area contributed by atoms with E-state index >= 15 is 0 Å². The lowest BCUT2D eigenvalue weighted by Crippen LogP contribution is -2.36. The van der Waals surface area contributed by atoms with E-state index < -0.39 is 0 Å². The van der Waals surface area contributed by atoms with Crippen molar-refractivity contribution in [2.24, 2.45) is 5.41 Å². The van der Waals surface area contributed by atoms with Crippen molar-refractivity contribution >= 4 is 11.4 Å². The van der Waals surface area contributed by atoms with Crippen molar-refractivity contribution in [3.05, 3.63) is 24.3 Å². The van der Waals surface area contributed by atoms with Crippen LogP contribution in [0, 0.1) is 16.7 Å². The topological polar surface area (TPSA) is 48.3 Å². The molecule has 1 N–H and O–H groups in total. The highest BCUT2D eigenvalue weighted by Gasteiger charge is 2.15. The predicted molar refractivity (Wildman–Crippen MR) is 86.6 cm³/mol. The highest BCUT2D eigenvalue weighted by molar-refractivity contribution is 5.55. The summed E-state index contributed by atoms with van der Waals surface area (Å²) in [4.78, 5) is 2.35. The van der Waals surface area contributed by atoms with E-state index in [9.17, 15) is 0 Å². The van der Waals surface area contributed by atoms with Crippen molar-refractivity contribution in [2.45, 2.75) is 26.7 Å². The molecule has 1 fully saturated rings. The molecule has 1 aromatic rings. The smallest absolute Gasteiger partial charge is 0.0683 e. The zero-order valence-corrected chi connectivity index (χ0v) is 13.1. The van der Waals surface area contributed by atoms with E-state index in [0.717, 1.165) is 51.4 Å². The van der Waals surface area contributed by atoms with E-state index in [4.69, 9.17) is 10.00 Å². The summed E-state index contributed by atoms with van der Waals surface area (Å²) in [5, 5.41) is 12.4. The van der Waals surface area contributed by atoms with Gasteiger partial charge in [-0.25, -0.2) is 0 Å². The number of benzene rings is 1. The molecule has 1 saturated heterocycles. The van der Waals surface area contributed by atoms with Crippen molar-refractivity contribution in [1.29, 1.82) is 5.26 Å². The molecule has 0 bridgehead atoms. The number of nitrogens with one attached hydrogen (secondary N) is 1. The normalized spacial score (nSPS) is 15.6. The molecule has 0 aromatic heterocycles. The zero-order valence-electron chi connectivity index (χ0n) is 13.1. The van der Waals surface area contributed by atoms with Gasteiger partial charge in [0.15, 0.2) is 0 Å². The third-order valence-electron chi connectivity index (χ3n) is 3.85. The third-order valence-corrected chi connectivity index (χ3v) is 3.85. The van der Waals surface area contributed by atoms with E-state index in [1.165, 1.54) is 5.69 Å². The highest BCUT2D eigenvalue weighted by Crippen LogP contribution is 2.21. The van der Waals surface area contributed by atoms with Gasteiger partial charge in [-0.3, -0.25) is 0 Å². The quantitative estimate of drug-likeness (QED) is 0.816. The maximum absolute atomic E-state index is 8.98. The van der Waals surface area contributed by atoms with Crippen LogP contribution >= 0.6 is 0 Å². The fraction of sp³-hybridized carbons (Fsp3) is 0.588. The minimum atomic E-state index is -0.220. The van der Waals surface area contributed by atoms with Crippen molar-refractivity contribution < 1.29 is 4.74 Å². The Hall–Kier alpha value is -1.73. The van der Waals surface area contributed by atoms with Gasteiger partial charge in [0, 0.05) is 31.0 Å². The van der Waals surface area contributed by atoms with Crippen LogP contribution in [0.4, 0.5) is 11.4 Å². The molecule has 114 valence electrons. The molecule has 4 nitrogen and oxygen atoms in total. The van der Waals surface area contributed by atoms with E-state index in [1.807, 2.05) is 13.8 Å². The molecule has 0 amide bonds. The molecule has 21 heavy (non-hydrogen) atoms. The lowest BCUT2D eigenvalue weighted by molar-refractivity contribution is 0.122. The first-order valence-corrected chi connectivity index (χ1v) is 7.69. The maximum Gasteiger partial charge on any atom is 0.0683 e. The number of rotatable bonds is 6. The molecule has 0 aliphatic carbocycles. The van der Waals surface area contributed by atoms with Gasteiger partial charge in [-0.05, 0) is 51.0 Å². The summed E-state index contributed by atoms with van der Waals surface area (Å²) in [6, 6.07) is 10.9. The number of nitrogens with zero attached hydrogens (tertiary/aromatic N) is 2. The number of morpholine rings is 1. The van der Waals surface area contributed by atoms with Crippen molar-refractivity contribution in [2.75, 3.05) is 43.1 Å². The highest BCUT2D eigenvalue weighted by atomic mass is 16.5. The van der Waals surface area contributed by atoms with Gasteiger partial charge in [0.1, 0.15) is 0 Å². The minimum Gasteiger partial charge on any atom is -0.385 e. The molecule has 0 radical (unpaired) electrons. The van der Waals surface area contributed by atoms with Crippen molar-refractivity contribution in [3.8, 4) is 6.07 Å². The summed E-state index contributed by atoms with van der Waals surface area (Å²) in [6.45, 7) is 8.45. The second-order valence-corrected chi connectivity index (χ2v) is 6.17. The second-order valence-electron chi connectivity index (χ2n) is 6.17. The summed E-state index contributed by atoms with van der Waals surface area (Å²) < 4.78 is 5.37. The van der Waals surface area contributed by atoms with E-state index in [-0.39, 0.29) is 5.41 Å². The second kappa shape index (κ2) is 7.33. The van der Waals surface area contributed by atoms with Crippen LogP contribution in [0.2, 0.25) is 0 Å². The Bertz CT molecular complexity index is 470.